The summed E-state index contributed by atoms with van der Waals surface area (Å²) in [7, 11) is 1.53. The third-order valence-corrected chi connectivity index (χ3v) is 2.93. The van der Waals surface area contributed by atoms with E-state index < -0.39 is 6.10 Å². The molecule has 0 saturated heterocycles. The average molecular weight is 280 g/mol. The quantitative estimate of drug-likeness (QED) is 0.564. The van der Waals surface area contributed by atoms with Gasteiger partial charge in [-0.3, -0.25) is 4.79 Å². The van der Waals surface area contributed by atoms with Crippen molar-refractivity contribution < 1.29 is 9.53 Å². The number of nitrogens with one attached hydrogen (secondary N) is 1. The van der Waals surface area contributed by atoms with Gasteiger partial charge in [0.2, 0.25) is 0 Å². The molecule has 0 bridgehead atoms. The van der Waals surface area contributed by atoms with Crippen LogP contribution in [0.15, 0.2) is 30.3 Å². The molecule has 0 heterocycles. The molecule has 0 spiro atoms. The maximum atomic E-state index is 12.0. The second kappa shape index (κ2) is 8.61. The van der Waals surface area contributed by atoms with Crippen LogP contribution in [0.1, 0.15) is 30.9 Å². The highest BCUT2D eigenvalue weighted by Crippen LogP contribution is 2.15. The van der Waals surface area contributed by atoms with Crippen molar-refractivity contribution >= 4 is 23.1 Å². The minimum absolute atomic E-state index is 0.121. The third-order valence-electron chi connectivity index (χ3n) is 2.73. The first-order chi connectivity index (χ1) is 9.15. The fourth-order valence-electron chi connectivity index (χ4n) is 1.75. The van der Waals surface area contributed by atoms with Crippen LogP contribution in [0.25, 0.3) is 0 Å². The van der Waals surface area contributed by atoms with Crippen molar-refractivity contribution in [3.05, 3.63) is 35.9 Å². The number of rotatable bonds is 8. The average Bonchev–Trinajstić information content (AvgIpc) is 2.40. The number of hydrogen-bond donors (Lipinski definition) is 2. The molecule has 1 amide bonds. The van der Waals surface area contributed by atoms with E-state index in [1.165, 1.54) is 7.11 Å². The summed E-state index contributed by atoms with van der Waals surface area (Å²) in [5.74, 6) is -0.121. The topological polar surface area (TPSA) is 64.3 Å². The molecule has 1 aromatic rings. The van der Waals surface area contributed by atoms with Gasteiger partial charge in [0, 0.05) is 13.7 Å². The van der Waals surface area contributed by atoms with Crippen LogP contribution in [0, 0.1) is 0 Å². The first-order valence-corrected chi connectivity index (χ1v) is 6.69. The zero-order chi connectivity index (χ0) is 14.1. The molecule has 104 valence electrons. The number of methoxy groups -OCH3 is 1. The Kier molecular flexibility index (Phi) is 7.07. The van der Waals surface area contributed by atoms with Crippen LogP contribution in [0.5, 0.6) is 0 Å². The van der Waals surface area contributed by atoms with Gasteiger partial charge in [-0.05, 0) is 24.8 Å². The Morgan fingerprint density at radius 3 is 2.63 bits per heavy atom. The van der Waals surface area contributed by atoms with Gasteiger partial charge in [0.05, 0.1) is 4.99 Å². The van der Waals surface area contributed by atoms with E-state index in [0.717, 1.165) is 24.8 Å². The van der Waals surface area contributed by atoms with E-state index in [1.54, 1.807) is 0 Å². The number of carbonyl (C=O) groups is 1. The van der Waals surface area contributed by atoms with E-state index in [2.05, 4.69) is 5.32 Å². The number of carbonyl (C=O) groups excluding carboxylic acids is 1. The van der Waals surface area contributed by atoms with Gasteiger partial charge in [-0.25, -0.2) is 0 Å². The van der Waals surface area contributed by atoms with E-state index in [1.807, 2.05) is 30.3 Å². The predicted molar refractivity (Wildman–Crippen MR) is 79.8 cm³/mol. The van der Waals surface area contributed by atoms with Gasteiger partial charge in [-0.15, -0.1) is 0 Å². The molecular weight excluding hydrogens is 260 g/mol. The van der Waals surface area contributed by atoms with Crippen molar-refractivity contribution in [1.29, 1.82) is 0 Å². The minimum Gasteiger partial charge on any atom is -0.393 e. The third kappa shape index (κ3) is 5.81. The van der Waals surface area contributed by atoms with E-state index in [4.69, 9.17) is 22.7 Å². The van der Waals surface area contributed by atoms with Crippen LogP contribution in [0.3, 0.4) is 0 Å². The van der Waals surface area contributed by atoms with Crippen LogP contribution >= 0.6 is 12.2 Å². The van der Waals surface area contributed by atoms with Crippen LogP contribution in [0.2, 0.25) is 0 Å². The Balaban J connectivity index is 2.37. The van der Waals surface area contributed by atoms with E-state index in [-0.39, 0.29) is 5.91 Å². The van der Waals surface area contributed by atoms with Crippen molar-refractivity contribution in [2.24, 2.45) is 5.73 Å². The number of thiocarbonyl (C=S) groups is 1. The highest BCUT2D eigenvalue weighted by atomic mass is 32.1. The number of benzene rings is 1. The van der Waals surface area contributed by atoms with E-state index >= 15 is 0 Å². The Morgan fingerprint density at radius 1 is 1.37 bits per heavy atom. The molecule has 3 N–H and O–H groups in total. The number of ether oxygens (including phenoxy) is 1. The maximum absolute atomic E-state index is 12.0. The summed E-state index contributed by atoms with van der Waals surface area (Å²) in [5.41, 5.74) is 6.26. The van der Waals surface area contributed by atoms with Crippen LogP contribution in [0.4, 0.5) is 0 Å². The summed E-state index contributed by atoms with van der Waals surface area (Å²) >= 11 is 4.79. The Morgan fingerprint density at radius 2 is 2.05 bits per heavy atom. The van der Waals surface area contributed by atoms with Crippen molar-refractivity contribution in [3.8, 4) is 0 Å². The smallest absolute Gasteiger partial charge is 0.253 e. The van der Waals surface area contributed by atoms with Crippen molar-refractivity contribution in [2.75, 3.05) is 13.7 Å². The first kappa shape index (κ1) is 15.6. The summed E-state index contributed by atoms with van der Waals surface area (Å²) in [6.07, 6.45) is 1.90. The molecule has 4 nitrogen and oxygen atoms in total. The first-order valence-electron chi connectivity index (χ1n) is 6.29. The standard InChI is InChI=1S/C14H20N2O2S/c1-18-13(11-7-3-2-4-8-11)14(17)16-10-6-5-9-12(15)19/h2-4,7-8,13H,5-6,9-10H2,1H3,(H2,15,19)(H,16,17). The van der Waals surface area contributed by atoms with Crippen molar-refractivity contribution in [3.63, 3.8) is 0 Å². The second-order valence-corrected chi connectivity index (χ2v) is 4.77. The Labute approximate surface area is 119 Å². The SMILES string of the molecule is COC(C(=O)NCCCCC(N)=S)c1ccccc1. The predicted octanol–water partition coefficient (Wildman–Crippen LogP) is 1.95. The molecule has 0 aromatic heterocycles. The zero-order valence-electron chi connectivity index (χ0n) is 11.1. The van der Waals surface area contributed by atoms with Gasteiger partial charge in [0.15, 0.2) is 6.10 Å². The molecule has 0 aliphatic rings. The van der Waals surface area contributed by atoms with Gasteiger partial charge in [-0.1, -0.05) is 42.5 Å². The minimum atomic E-state index is -0.559. The summed E-state index contributed by atoms with van der Waals surface area (Å²) in [6, 6.07) is 9.43. The van der Waals surface area contributed by atoms with E-state index in [9.17, 15) is 4.79 Å². The summed E-state index contributed by atoms with van der Waals surface area (Å²) < 4.78 is 5.24. The molecule has 1 rings (SSSR count). The summed E-state index contributed by atoms with van der Waals surface area (Å²) in [5, 5.41) is 2.86. The highest BCUT2D eigenvalue weighted by molar-refractivity contribution is 7.80. The summed E-state index contributed by atoms with van der Waals surface area (Å²) in [4.78, 5) is 12.5. The van der Waals surface area contributed by atoms with E-state index in [0.29, 0.717) is 11.5 Å². The monoisotopic (exact) mass is 280 g/mol. The maximum Gasteiger partial charge on any atom is 0.253 e. The number of unbranched alkanes of at least 4 members (excludes halogenated alkanes) is 1. The van der Waals surface area contributed by atoms with Gasteiger partial charge in [0.1, 0.15) is 0 Å². The molecule has 0 aliphatic carbocycles. The fraction of sp³-hybridized carbons (Fsp3) is 0.429. The summed E-state index contributed by atoms with van der Waals surface area (Å²) in [6.45, 7) is 0.605. The lowest BCUT2D eigenvalue weighted by molar-refractivity contribution is -0.131. The number of amides is 1. The van der Waals surface area contributed by atoms with Crippen molar-refractivity contribution in [1.82, 2.24) is 5.32 Å². The molecule has 0 saturated carbocycles. The molecule has 0 radical (unpaired) electrons. The number of nitrogens with two attached hydrogens (primary N) is 1. The fourth-order valence-corrected chi connectivity index (χ4v) is 1.90. The largest absolute Gasteiger partial charge is 0.393 e. The zero-order valence-corrected chi connectivity index (χ0v) is 11.9. The number of hydrogen-bond acceptors (Lipinski definition) is 3. The molecule has 0 aliphatic heterocycles. The molecule has 0 fully saturated rings. The van der Waals surface area contributed by atoms with Gasteiger partial charge >= 0.3 is 0 Å². The van der Waals surface area contributed by atoms with Gasteiger partial charge in [0.25, 0.3) is 5.91 Å². The van der Waals surface area contributed by atoms with Gasteiger partial charge < -0.3 is 15.8 Å². The van der Waals surface area contributed by atoms with Crippen LogP contribution in [-0.4, -0.2) is 24.6 Å². The molecule has 5 heteroatoms. The highest BCUT2D eigenvalue weighted by Gasteiger charge is 2.18. The molecule has 1 atom stereocenters. The van der Waals surface area contributed by atoms with Crippen LogP contribution < -0.4 is 11.1 Å². The Hall–Kier alpha value is -1.46. The normalized spacial score (nSPS) is 11.8. The van der Waals surface area contributed by atoms with Crippen LogP contribution in [-0.2, 0) is 9.53 Å². The lowest BCUT2D eigenvalue weighted by atomic mass is 10.1. The molecule has 19 heavy (non-hydrogen) atoms. The van der Waals surface area contributed by atoms with Crippen molar-refractivity contribution in [2.45, 2.75) is 25.4 Å². The second-order valence-electron chi connectivity index (χ2n) is 4.24. The molecule has 1 aromatic carbocycles. The van der Waals surface area contributed by atoms with Gasteiger partial charge in [-0.2, -0.15) is 0 Å². The lowest BCUT2D eigenvalue weighted by Gasteiger charge is -2.15. The lowest BCUT2D eigenvalue weighted by Crippen LogP contribution is -2.31. The molecular formula is C14H20N2O2S. The Bertz CT molecular complexity index is 409. The molecule has 1 unspecified atom stereocenters.